The molecule has 0 radical (unpaired) electrons. The second kappa shape index (κ2) is 4.52. The molecule has 1 heterocycles. The molecule has 0 aliphatic heterocycles. The second-order valence-corrected chi connectivity index (χ2v) is 3.27. The van der Waals surface area contributed by atoms with E-state index in [1.54, 1.807) is 12.1 Å². The Kier molecular flexibility index (Phi) is 2.91. The molecule has 0 bridgehead atoms. The summed E-state index contributed by atoms with van der Waals surface area (Å²) in [5, 5.41) is 8.97. The lowest BCUT2D eigenvalue weighted by Gasteiger charge is -2.03. The van der Waals surface area contributed by atoms with Crippen LogP contribution in [0.25, 0.3) is 0 Å². The zero-order chi connectivity index (χ0) is 12.3. The molecular formula is C12H8N2O3. The van der Waals surface area contributed by atoms with E-state index >= 15 is 0 Å². The molecule has 0 atom stereocenters. The highest BCUT2D eigenvalue weighted by Gasteiger charge is 2.17. The fraction of sp³-hybridized carbons (Fsp3) is 0. The van der Waals surface area contributed by atoms with Crippen LogP contribution < -0.4 is 0 Å². The number of carboxylic acids is 1. The van der Waals surface area contributed by atoms with Crippen LogP contribution in [0, 0.1) is 0 Å². The molecule has 84 valence electrons. The van der Waals surface area contributed by atoms with Crippen LogP contribution in [0.15, 0.2) is 42.9 Å². The standard InChI is InChI=1S/C12H8N2O3/c15-11(10-7-13-5-6-14-10)8-3-1-2-4-9(8)12(16)17/h1-7H,(H,16,17). The largest absolute Gasteiger partial charge is 0.478 e. The summed E-state index contributed by atoms with van der Waals surface area (Å²) in [6.07, 6.45) is 4.14. The first kappa shape index (κ1) is 10.9. The molecule has 0 amide bonds. The lowest BCUT2D eigenvalue weighted by Crippen LogP contribution is -2.10. The van der Waals surface area contributed by atoms with Gasteiger partial charge in [-0.05, 0) is 6.07 Å². The fourth-order valence-electron chi connectivity index (χ4n) is 1.42. The molecule has 0 saturated carbocycles. The maximum atomic E-state index is 12.0. The van der Waals surface area contributed by atoms with E-state index in [-0.39, 0.29) is 16.8 Å². The van der Waals surface area contributed by atoms with E-state index in [0.717, 1.165) is 0 Å². The van der Waals surface area contributed by atoms with Gasteiger partial charge in [-0.25, -0.2) is 9.78 Å². The Bertz CT molecular complexity index is 567. The molecule has 1 aromatic carbocycles. The average molecular weight is 228 g/mol. The Morgan fingerprint density at radius 2 is 1.76 bits per heavy atom. The van der Waals surface area contributed by atoms with E-state index in [1.165, 1.54) is 30.7 Å². The Hall–Kier alpha value is -2.56. The molecule has 5 heteroatoms. The molecule has 0 fully saturated rings. The minimum Gasteiger partial charge on any atom is -0.478 e. The van der Waals surface area contributed by atoms with Crippen molar-refractivity contribution in [1.82, 2.24) is 9.97 Å². The van der Waals surface area contributed by atoms with Crippen molar-refractivity contribution in [3.8, 4) is 0 Å². The van der Waals surface area contributed by atoms with E-state index in [9.17, 15) is 9.59 Å². The molecular weight excluding hydrogens is 220 g/mol. The Morgan fingerprint density at radius 1 is 1.06 bits per heavy atom. The van der Waals surface area contributed by atoms with Crippen molar-refractivity contribution in [2.45, 2.75) is 0 Å². The van der Waals surface area contributed by atoms with Gasteiger partial charge in [-0.15, -0.1) is 0 Å². The molecule has 0 aliphatic carbocycles. The summed E-state index contributed by atoms with van der Waals surface area (Å²) in [7, 11) is 0. The molecule has 2 rings (SSSR count). The van der Waals surface area contributed by atoms with Crippen molar-refractivity contribution in [2.75, 3.05) is 0 Å². The molecule has 1 aromatic heterocycles. The zero-order valence-electron chi connectivity index (χ0n) is 8.70. The first-order chi connectivity index (χ1) is 8.20. The van der Waals surface area contributed by atoms with E-state index in [2.05, 4.69) is 9.97 Å². The van der Waals surface area contributed by atoms with Crippen molar-refractivity contribution in [3.05, 3.63) is 59.7 Å². The summed E-state index contributed by atoms with van der Waals surface area (Å²) >= 11 is 0. The van der Waals surface area contributed by atoms with Crippen LogP contribution in [0.3, 0.4) is 0 Å². The monoisotopic (exact) mass is 228 g/mol. The van der Waals surface area contributed by atoms with E-state index < -0.39 is 11.8 Å². The van der Waals surface area contributed by atoms with Gasteiger partial charge in [0.15, 0.2) is 0 Å². The van der Waals surface area contributed by atoms with Crippen LogP contribution in [0.4, 0.5) is 0 Å². The van der Waals surface area contributed by atoms with Gasteiger partial charge in [0.2, 0.25) is 5.78 Å². The third kappa shape index (κ3) is 2.17. The summed E-state index contributed by atoms with van der Waals surface area (Å²) in [4.78, 5) is 30.6. The SMILES string of the molecule is O=C(O)c1ccccc1C(=O)c1cnccn1. The number of carboxylic acid groups (broad SMARTS) is 1. The molecule has 0 saturated heterocycles. The molecule has 1 N–H and O–H groups in total. The minimum atomic E-state index is -1.14. The number of aromatic carboxylic acids is 1. The summed E-state index contributed by atoms with van der Waals surface area (Å²) < 4.78 is 0. The molecule has 0 unspecified atom stereocenters. The molecule has 0 spiro atoms. The van der Waals surface area contributed by atoms with Crippen LogP contribution in [-0.2, 0) is 0 Å². The van der Waals surface area contributed by atoms with Crippen molar-refractivity contribution < 1.29 is 14.7 Å². The van der Waals surface area contributed by atoms with Crippen LogP contribution in [-0.4, -0.2) is 26.8 Å². The fourth-order valence-corrected chi connectivity index (χ4v) is 1.42. The maximum absolute atomic E-state index is 12.0. The third-order valence-corrected chi connectivity index (χ3v) is 2.20. The predicted octanol–water partition coefficient (Wildman–Crippen LogP) is 1.41. The van der Waals surface area contributed by atoms with Crippen LogP contribution in [0.2, 0.25) is 0 Å². The van der Waals surface area contributed by atoms with Crippen molar-refractivity contribution in [1.29, 1.82) is 0 Å². The van der Waals surface area contributed by atoms with Gasteiger partial charge in [0.1, 0.15) is 5.69 Å². The number of carbonyl (C=O) groups is 2. The van der Waals surface area contributed by atoms with Crippen LogP contribution in [0.5, 0.6) is 0 Å². The first-order valence-corrected chi connectivity index (χ1v) is 4.83. The smallest absolute Gasteiger partial charge is 0.336 e. The van der Waals surface area contributed by atoms with Crippen molar-refractivity contribution in [3.63, 3.8) is 0 Å². The van der Waals surface area contributed by atoms with Crippen LogP contribution in [0.1, 0.15) is 26.4 Å². The highest BCUT2D eigenvalue weighted by Crippen LogP contribution is 2.12. The minimum absolute atomic E-state index is 0.0387. The maximum Gasteiger partial charge on any atom is 0.336 e. The van der Waals surface area contributed by atoms with E-state index in [1.807, 2.05) is 0 Å². The van der Waals surface area contributed by atoms with Gasteiger partial charge in [0.05, 0.1) is 11.8 Å². The molecule has 2 aromatic rings. The van der Waals surface area contributed by atoms with Gasteiger partial charge in [0.25, 0.3) is 0 Å². The number of hydrogen-bond donors (Lipinski definition) is 1. The molecule has 17 heavy (non-hydrogen) atoms. The average Bonchev–Trinajstić information content (AvgIpc) is 2.39. The van der Waals surface area contributed by atoms with Crippen molar-refractivity contribution >= 4 is 11.8 Å². The lowest BCUT2D eigenvalue weighted by molar-refractivity contribution is 0.0692. The number of nitrogens with zero attached hydrogens (tertiary/aromatic N) is 2. The number of ketones is 1. The van der Waals surface area contributed by atoms with Gasteiger partial charge < -0.3 is 5.11 Å². The van der Waals surface area contributed by atoms with Gasteiger partial charge in [-0.2, -0.15) is 0 Å². The Balaban J connectivity index is 2.48. The molecule has 5 nitrogen and oxygen atoms in total. The highest BCUT2D eigenvalue weighted by atomic mass is 16.4. The lowest BCUT2D eigenvalue weighted by atomic mass is 10.0. The number of rotatable bonds is 3. The Labute approximate surface area is 96.8 Å². The van der Waals surface area contributed by atoms with Gasteiger partial charge in [-0.1, -0.05) is 18.2 Å². The van der Waals surface area contributed by atoms with Crippen molar-refractivity contribution in [2.24, 2.45) is 0 Å². The summed E-state index contributed by atoms with van der Waals surface area (Å²) in [5.41, 5.74) is 0.199. The zero-order valence-corrected chi connectivity index (χ0v) is 8.70. The van der Waals surface area contributed by atoms with Gasteiger partial charge in [0, 0.05) is 18.0 Å². The first-order valence-electron chi connectivity index (χ1n) is 4.83. The number of carbonyl (C=O) groups excluding carboxylic acids is 1. The summed E-state index contributed by atoms with van der Waals surface area (Å²) in [6, 6.07) is 6.01. The number of aromatic nitrogens is 2. The number of hydrogen-bond acceptors (Lipinski definition) is 4. The molecule has 0 aliphatic rings. The van der Waals surface area contributed by atoms with Gasteiger partial charge >= 0.3 is 5.97 Å². The third-order valence-electron chi connectivity index (χ3n) is 2.20. The van der Waals surface area contributed by atoms with Crippen LogP contribution >= 0.6 is 0 Å². The number of benzene rings is 1. The highest BCUT2D eigenvalue weighted by molar-refractivity contribution is 6.13. The Morgan fingerprint density at radius 3 is 2.35 bits per heavy atom. The normalized spacial score (nSPS) is 9.88. The van der Waals surface area contributed by atoms with E-state index in [4.69, 9.17) is 5.11 Å². The topological polar surface area (TPSA) is 80.1 Å². The van der Waals surface area contributed by atoms with E-state index in [0.29, 0.717) is 0 Å². The summed E-state index contributed by atoms with van der Waals surface area (Å²) in [6.45, 7) is 0. The van der Waals surface area contributed by atoms with Gasteiger partial charge in [-0.3, -0.25) is 9.78 Å². The summed E-state index contributed by atoms with van der Waals surface area (Å²) in [5.74, 6) is -1.59. The quantitative estimate of drug-likeness (QED) is 0.803. The second-order valence-electron chi connectivity index (χ2n) is 3.27. The predicted molar refractivity (Wildman–Crippen MR) is 58.9 cm³/mol.